The van der Waals surface area contributed by atoms with E-state index in [0.29, 0.717) is 29.6 Å². The van der Waals surface area contributed by atoms with Gasteiger partial charge in [0.15, 0.2) is 5.78 Å². The minimum atomic E-state index is -0.566. The maximum Gasteiger partial charge on any atom is 0.336 e. The Morgan fingerprint density at radius 2 is 1.96 bits per heavy atom. The molecule has 1 N–H and O–H groups in total. The minimum absolute atomic E-state index is 0.00375. The van der Waals surface area contributed by atoms with Crippen molar-refractivity contribution in [2.24, 2.45) is 0 Å². The smallest absolute Gasteiger partial charge is 0.336 e. The maximum absolute atomic E-state index is 12.7. The number of nitro benzene ring substituents is 1. The summed E-state index contributed by atoms with van der Waals surface area (Å²) in [7, 11) is 0. The Hall–Kier alpha value is -2.96. The van der Waals surface area contributed by atoms with Crippen molar-refractivity contribution in [3.05, 3.63) is 62.5 Å². The number of non-ortho nitro benzene ring substituents is 1. The molecule has 142 valence electrons. The highest BCUT2D eigenvalue weighted by molar-refractivity contribution is 6.03. The highest BCUT2D eigenvalue weighted by Crippen LogP contribution is 2.43. The fourth-order valence-corrected chi connectivity index (χ4v) is 3.75. The molecule has 0 spiro atoms. The first-order valence-corrected chi connectivity index (χ1v) is 9.15. The number of hydrogen-bond acceptors (Lipinski definition) is 6. The highest BCUT2D eigenvalue weighted by Gasteiger charge is 2.39. The first kappa shape index (κ1) is 18.8. The molecule has 2 aliphatic rings. The zero-order chi connectivity index (χ0) is 19.6. The van der Waals surface area contributed by atoms with Gasteiger partial charge in [0.2, 0.25) is 0 Å². The summed E-state index contributed by atoms with van der Waals surface area (Å²) in [5, 5.41) is 14.3. The van der Waals surface area contributed by atoms with Gasteiger partial charge in [0.05, 0.1) is 17.1 Å². The molecule has 1 aliphatic heterocycles. The largest absolute Gasteiger partial charge is 0.463 e. The molecular weight excluding hydrogens is 348 g/mol. The number of dihydropyridines is 1. The lowest BCUT2D eigenvalue weighted by atomic mass is 9.75. The number of nitro groups is 1. The number of nitrogens with one attached hydrogen (secondary N) is 1. The van der Waals surface area contributed by atoms with Crippen LogP contribution >= 0.6 is 0 Å². The molecule has 0 amide bonds. The number of hydrogen-bond donors (Lipinski definition) is 1. The van der Waals surface area contributed by atoms with Crippen molar-refractivity contribution in [3.63, 3.8) is 0 Å². The lowest BCUT2D eigenvalue weighted by Gasteiger charge is -2.34. The fraction of sp³-hybridized carbons (Fsp3) is 0.400. The molecule has 0 fully saturated rings. The van der Waals surface area contributed by atoms with Crippen LogP contribution in [0.15, 0.2) is 46.8 Å². The van der Waals surface area contributed by atoms with Crippen molar-refractivity contribution in [1.82, 2.24) is 5.32 Å². The van der Waals surface area contributed by atoms with Crippen molar-refractivity contribution in [1.29, 1.82) is 0 Å². The molecule has 7 nitrogen and oxygen atoms in total. The summed E-state index contributed by atoms with van der Waals surface area (Å²) in [5.74, 6) is -1.02. The van der Waals surface area contributed by atoms with E-state index in [1.807, 2.05) is 6.92 Å². The maximum atomic E-state index is 12.7. The number of esters is 1. The van der Waals surface area contributed by atoms with E-state index in [-0.39, 0.29) is 18.1 Å². The van der Waals surface area contributed by atoms with Crippen molar-refractivity contribution in [3.8, 4) is 0 Å². The molecule has 1 unspecified atom stereocenters. The van der Waals surface area contributed by atoms with E-state index >= 15 is 0 Å². The van der Waals surface area contributed by atoms with Gasteiger partial charge in [-0.2, -0.15) is 0 Å². The molecule has 1 heterocycles. The van der Waals surface area contributed by atoms with Crippen LogP contribution in [-0.2, 0) is 14.3 Å². The Morgan fingerprint density at radius 3 is 2.56 bits per heavy atom. The van der Waals surface area contributed by atoms with Gasteiger partial charge in [0.1, 0.15) is 0 Å². The number of rotatable bonds is 5. The fourth-order valence-electron chi connectivity index (χ4n) is 3.75. The summed E-state index contributed by atoms with van der Waals surface area (Å²) >= 11 is 0. The third kappa shape index (κ3) is 3.49. The molecule has 0 radical (unpaired) electrons. The molecule has 3 rings (SSSR count). The van der Waals surface area contributed by atoms with Crippen molar-refractivity contribution < 1.29 is 19.2 Å². The molecule has 1 aromatic carbocycles. The number of Topliss-reactive ketones (excluding diaryl/α,β-unsaturated/α-hetero) is 1. The van der Waals surface area contributed by atoms with Gasteiger partial charge in [0, 0.05) is 41.4 Å². The summed E-state index contributed by atoms with van der Waals surface area (Å²) in [6.45, 7) is 3.90. The quantitative estimate of drug-likeness (QED) is 0.484. The van der Waals surface area contributed by atoms with Crippen LogP contribution in [0, 0.1) is 10.1 Å². The van der Waals surface area contributed by atoms with E-state index in [1.165, 1.54) is 12.1 Å². The molecule has 0 saturated heterocycles. The highest BCUT2D eigenvalue weighted by atomic mass is 16.6. The van der Waals surface area contributed by atoms with Crippen LogP contribution < -0.4 is 5.32 Å². The van der Waals surface area contributed by atoms with Gasteiger partial charge in [-0.05, 0) is 31.7 Å². The van der Waals surface area contributed by atoms with Gasteiger partial charge < -0.3 is 10.1 Å². The van der Waals surface area contributed by atoms with Gasteiger partial charge >= 0.3 is 5.97 Å². The third-order valence-corrected chi connectivity index (χ3v) is 4.95. The van der Waals surface area contributed by atoms with E-state index in [1.54, 1.807) is 19.1 Å². The molecule has 27 heavy (non-hydrogen) atoms. The number of allylic oxidation sites excluding steroid dienone is 3. The molecular formula is C20H22N2O5. The van der Waals surface area contributed by atoms with Crippen LogP contribution in [0.3, 0.4) is 0 Å². The zero-order valence-electron chi connectivity index (χ0n) is 15.4. The number of ether oxygens (including phenoxy) is 1. The van der Waals surface area contributed by atoms with Crippen LogP contribution in [0.1, 0.15) is 51.0 Å². The van der Waals surface area contributed by atoms with Crippen molar-refractivity contribution in [2.45, 2.75) is 45.4 Å². The second-order valence-electron chi connectivity index (χ2n) is 6.54. The second kappa shape index (κ2) is 7.73. The van der Waals surface area contributed by atoms with Crippen LogP contribution in [0.2, 0.25) is 0 Å². The molecule has 0 aromatic heterocycles. The molecule has 0 bridgehead atoms. The van der Waals surface area contributed by atoms with E-state index in [9.17, 15) is 19.7 Å². The normalized spacial score (nSPS) is 19.5. The lowest BCUT2D eigenvalue weighted by molar-refractivity contribution is -0.384. The molecule has 0 saturated carbocycles. The second-order valence-corrected chi connectivity index (χ2v) is 6.54. The number of ketones is 1. The molecule has 1 aliphatic carbocycles. The third-order valence-electron chi connectivity index (χ3n) is 4.95. The first-order valence-electron chi connectivity index (χ1n) is 9.15. The molecule has 7 heteroatoms. The number of carbonyl (C=O) groups is 2. The van der Waals surface area contributed by atoms with Crippen LogP contribution in [0.25, 0.3) is 0 Å². The number of benzene rings is 1. The topological polar surface area (TPSA) is 98.5 Å². The predicted molar refractivity (Wildman–Crippen MR) is 98.8 cm³/mol. The Kier molecular flexibility index (Phi) is 5.39. The van der Waals surface area contributed by atoms with E-state index in [0.717, 1.165) is 24.2 Å². The Labute approximate surface area is 157 Å². The Balaban J connectivity index is 2.16. The molecule has 1 aromatic rings. The van der Waals surface area contributed by atoms with Crippen molar-refractivity contribution in [2.75, 3.05) is 6.61 Å². The minimum Gasteiger partial charge on any atom is -0.463 e. The molecule has 1 atom stereocenters. The Morgan fingerprint density at radius 1 is 1.26 bits per heavy atom. The van der Waals surface area contributed by atoms with Crippen molar-refractivity contribution >= 4 is 17.4 Å². The zero-order valence-corrected chi connectivity index (χ0v) is 15.4. The first-order chi connectivity index (χ1) is 13.0. The number of carbonyl (C=O) groups excluding carboxylic acids is 2. The van der Waals surface area contributed by atoms with E-state index in [4.69, 9.17) is 4.74 Å². The summed E-state index contributed by atoms with van der Waals surface area (Å²) in [4.78, 5) is 36.0. The summed E-state index contributed by atoms with van der Waals surface area (Å²) in [5.41, 5.74) is 3.23. The summed E-state index contributed by atoms with van der Waals surface area (Å²) in [6.07, 6.45) is 2.53. The van der Waals surface area contributed by atoms with Gasteiger partial charge in [-0.3, -0.25) is 14.9 Å². The average Bonchev–Trinajstić information content (AvgIpc) is 2.67. The number of nitrogens with zero attached hydrogens (tertiary/aromatic N) is 1. The standard InChI is InChI=1S/C20H22N2O5/c1-3-14-19(20(24)27-4-2)17(12-8-10-13(11-9-12)22(25)26)18-15(21-14)6-5-7-16(18)23/h8-11,17,21H,3-7H2,1-2H3. The lowest BCUT2D eigenvalue weighted by Crippen LogP contribution is -2.35. The van der Waals surface area contributed by atoms with Gasteiger partial charge in [0.25, 0.3) is 5.69 Å². The van der Waals surface area contributed by atoms with E-state index in [2.05, 4.69) is 5.32 Å². The van der Waals surface area contributed by atoms with Crippen LogP contribution in [0.4, 0.5) is 5.69 Å². The van der Waals surface area contributed by atoms with Gasteiger partial charge in [-0.15, -0.1) is 0 Å². The summed E-state index contributed by atoms with van der Waals surface area (Å²) in [6, 6.07) is 6.04. The van der Waals surface area contributed by atoms with Crippen LogP contribution in [-0.4, -0.2) is 23.3 Å². The summed E-state index contributed by atoms with van der Waals surface area (Å²) < 4.78 is 5.26. The SMILES string of the molecule is CCOC(=O)C1=C(CC)NC2=C(C(=O)CCC2)C1c1ccc([N+](=O)[O-])cc1. The van der Waals surface area contributed by atoms with Gasteiger partial charge in [-0.25, -0.2) is 4.79 Å². The Bertz CT molecular complexity index is 852. The monoisotopic (exact) mass is 370 g/mol. The van der Waals surface area contributed by atoms with Gasteiger partial charge in [-0.1, -0.05) is 19.1 Å². The van der Waals surface area contributed by atoms with Crippen LogP contribution in [0.5, 0.6) is 0 Å². The average molecular weight is 370 g/mol. The van der Waals surface area contributed by atoms with E-state index < -0.39 is 16.8 Å². The predicted octanol–water partition coefficient (Wildman–Crippen LogP) is 3.52.